The van der Waals surface area contributed by atoms with Crippen LogP contribution in [-0.2, 0) is 14.3 Å². The normalized spacial score (nSPS) is 18.8. The molecule has 2 heterocycles. The quantitative estimate of drug-likeness (QED) is 0.596. The van der Waals surface area contributed by atoms with Crippen LogP contribution in [0.2, 0.25) is 0 Å². The number of esters is 1. The molecule has 0 saturated heterocycles. The third-order valence-electron chi connectivity index (χ3n) is 7.03. The van der Waals surface area contributed by atoms with Gasteiger partial charge in [0.05, 0.1) is 23.7 Å². The molecule has 35 heavy (non-hydrogen) atoms. The van der Waals surface area contributed by atoms with Crippen molar-refractivity contribution in [2.75, 3.05) is 23.0 Å². The third kappa shape index (κ3) is 4.00. The summed E-state index contributed by atoms with van der Waals surface area (Å²) < 4.78 is 20.2. The summed E-state index contributed by atoms with van der Waals surface area (Å²) in [6.07, 6.45) is 1.76. The molecule has 2 aromatic rings. The number of rotatable bonds is 7. The molecule has 7 nitrogen and oxygen atoms in total. The Morgan fingerprint density at radius 3 is 2.34 bits per heavy atom. The number of allylic oxidation sites excluding steroid dienone is 1. The van der Waals surface area contributed by atoms with Crippen molar-refractivity contribution in [1.29, 1.82) is 0 Å². The van der Waals surface area contributed by atoms with Crippen molar-refractivity contribution in [3.8, 4) is 0 Å². The van der Waals surface area contributed by atoms with Gasteiger partial charge in [-0.2, -0.15) is 0 Å². The number of hydrogen-bond donors (Lipinski definition) is 1. The van der Waals surface area contributed by atoms with E-state index in [0.29, 0.717) is 36.2 Å². The maximum Gasteiger partial charge on any atom is 0.356 e. The first-order valence-corrected chi connectivity index (χ1v) is 12.1. The summed E-state index contributed by atoms with van der Waals surface area (Å²) in [7, 11) is 0. The highest BCUT2D eigenvalue weighted by molar-refractivity contribution is 6.00. The van der Waals surface area contributed by atoms with Crippen LogP contribution in [0.25, 0.3) is 0 Å². The molecule has 1 unspecified atom stereocenters. The minimum Gasteiger partial charge on any atom is -0.461 e. The highest BCUT2D eigenvalue weighted by Crippen LogP contribution is 2.52. The number of carbonyl (C=O) groups is 2. The first kappa shape index (κ1) is 23.2. The van der Waals surface area contributed by atoms with Crippen molar-refractivity contribution in [3.63, 3.8) is 0 Å². The molecule has 2 aliphatic heterocycles. The van der Waals surface area contributed by atoms with E-state index in [1.165, 1.54) is 12.1 Å². The second-order valence-corrected chi connectivity index (χ2v) is 9.85. The van der Waals surface area contributed by atoms with E-state index in [9.17, 15) is 14.0 Å². The minimum atomic E-state index is -0.491. The Hall–Kier alpha value is -3.55. The smallest absolute Gasteiger partial charge is 0.356 e. The molecule has 184 valence electrons. The van der Waals surface area contributed by atoms with Crippen LogP contribution in [0.1, 0.15) is 42.9 Å². The molecule has 0 spiro atoms. The highest BCUT2D eigenvalue weighted by Gasteiger charge is 2.51. The first-order chi connectivity index (χ1) is 16.7. The second-order valence-electron chi connectivity index (χ2n) is 9.85. The lowest BCUT2D eigenvalue weighted by molar-refractivity contribution is -0.139. The Kier molecular flexibility index (Phi) is 5.69. The van der Waals surface area contributed by atoms with Crippen LogP contribution in [-0.4, -0.2) is 36.2 Å². The fourth-order valence-corrected chi connectivity index (χ4v) is 5.35. The van der Waals surface area contributed by atoms with Crippen LogP contribution < -0.4 is 15.5 Å². The number of benzene rings is 2. The maximum absolute atomic E-state index is 14.5. The van der Waals surface area contributed by atoms with Gasteiger partial charge in [0.25, 0.3) is 0 Å². The van der Waals surface area contributed by atoms with Crippen molar-refractivity contribution in [2.24, 2.45) is 11.7 Å². The zero-order chi connectivity index (χ0) is 25.0. The molecule has 8 heteroatoms. The molecule has 0 radical (unpaired) electrons. The lowest BCUT2D eigenvalue weighted by atomic mass is 10.0. The van der Waals surface area contributed by atoms with Crippen LogP contribution in [0.5, 0.6) is 0 Å². The second kappa shape index (κ2) is 8.59. The number of amides is 1. The van der Waals surface area contributed by atoms with Crippen LogP contribution in [0.3, 0.4) is 0 Å². The molecule has 3 aliphatic rings. The van der Waals surface area contributed by atoms with Gasteiger partial charge < -0.3 is 20.3 Å². The molecule has 1 fully saturated rings. The average molecular weight is 479 g/mol. The van der Waals surface area contributed by atoms with Crippen molar-refractivity contribution in [1.82, 2.24) is 4.90 Å². The fourth-order valence-electron chi connectivity index (χ4n) is 5.35. The van der Waals surface area contributed by atoms with Crippen LogP contribution in [0.4, 0.5) is 21.5 Å². The van der Waals surface area contributed by atoms with Crippen LogP contribution in [0.15, 0.2) is 41.7 Å². The zero-order valence-corrected chi connectivity index (χ0v) is 20.6. The van der Waals surface area contributed by atoms with E-state index in [1.807, 2.05) is 16.7 Å². The van der Waals surface area contributed by atoms with Gasteiger partial charge in [0.2, 0.25) is 5.91 Å². The Balaban J connectivity index is 1.66. The number of hydrogen-bond acceptors (Lipinski definition) is 6. The van der Waals surface area contributed by atoms with Gasteiger partial charge in [0, 0.05) is 18.7 Å². The fraction of sp³-hybridized carbons (Fsp3) is 0.407. The van der Waals surface area contributed by atoms with Crippen molar-refractivity contribution >= 4 is 28.9 Å². The monoisotopic (exact) mass is 478 g/mol. The van der Waals surface area contributed by atoms with Crippen molar-refractivity contribution in [3.05, 3.63) is 64.2 Å². The molecule has 0 aromatic heterocycles. The Bertz CT molecular complexity index is 1230. The SMILES string of the molecule is CC1=C(C(=O)OCC2CC2)N2c3cc(F)ccc3N(c3c(C)cc(C)cc3C)C2N1CCC(N)=O. The first-order valence-electron chi connectivity index (χ1n) is 12.1. The number of primary amides is 1. The van der Waals surface area contributed by atoms with Gasteiger partial charge in [-0.3, -0.25) is 9.69 Å². The number of ether oxygens (including phenoxy) is 1. The zero-order valence-electron chi connectivity index (χ0n) is 20.6. The van der Waals surface area contributed by atoms with Gasteiger partial charge in [-0.1, -0.05) is 17.7 Å². The minimum absolute atomic E-state index is 0.122. The van der Waals surface area contributed by atoms with Gasteiger partial charge in [0.1, 0.15) is 11.5 Å². The number of halogens is 1. The predicted molar refractivity (Wildman–Crippen MR) is 132 cm³/mol. The third-order valence-corrected chi connectivity index (χ3v) is 7.03. The Morgan fingerprint density at radius 2 is 1.71 bits per heavy atom. The molecule has 1 aliphatic carbocycles. The molecule has 0 bridgehead atoms. The summed E-state index contributed by atoms with van der Waals surface area (Å²) in [5.41, 5.74) is 12.2. The summed E-state index contributed by atoms with van der Waals surface area (Å²) in [5, 5.41) is 0. The number of aryl methyl sites for hydroxylation is 3. The number of nitrogens with zero attached hydrogens (tertiary/aromatic N) is 3. The number of fused-ring (bicyclic) bond motifs is 3. The average Bonchev–Trinajstić information content (AvgIpc) is 3.50. The number of nitrogens with two attached hydrogens (primary N) is 1. The predicted octanol–water partition coefficient (Wildman–Crippen LogP) is 4.37. The molecular formula is C27H31FN4O3. The Morgan fingerprint density at radius 1 is 1.03 bits per heavy atom. The van der Waals surface area contributed by atoms with Gasteiger partial charge in [-0.15, -0.1) is 0 Å². The summed E-state index contributed by atoms with van der Waals surface area (Å²) in [4.78, 5) is 31.1. The number of carbonyl (C=O) groups excluding carboxylic acids is 2. The molecule has 5 rings (SSSR count). The van der Waals surface area contributed by atoms with Gasteiger partial charge >= 0.3 is 5.97 Å². The topological polar surface area (TPSA) is 79.1 Å². The molecule has 1 atom stereocenters. The van der Waals surface area contributed by atoms with E-state index >= 15 is 0 Å². The van der Waals surface area contributed by atoms with Crippen molar-refractivity contribution in [2.45, 2.75) is 53.2 Å². The summed E-state index contributed by atoms with van der Waals surface area (Å²) in [6, 6.07) is 8.86. The van der Waals surface area contributed by atoms with E-state index in [0.717, 1.165) is 40.9 Å². The maximum atomic E-state index is 14.5. The highest BCUT2D eigenvalue weighted by atomic mass is 19.1. The summed E-state index contributed by atoms with van der Waals surface area (Å²) in [6.45, 7) is 8.70. The van der Waals surface area contributed by atoms with E-state index in [1.54, 1.807) is 6.07 Å². The van der Waals surface area contributed by atoms with Gasteiger partial charge in [-0.05, 0) is 75.8 Å². The van der Waals surface area contributed by atoms with Crippen LogP contribution in [0, 0.1) is 32.5 Å². The molecular weight excluding hydrogens is 447 g/mol. The van der Waals surface area contributed by atoms with Gasteiger partial charge in [0.15, 0.2) is 6.29 Å². The number of anilines is 3. The lowest BCUT2D eigenvalue weighted by Gasteiger charge is -2.37. The lowest BCUT2D eigenvalue weighted by Crippen LogP contribution is -2.49. The Labute approximate surface area is 204 Å². The van der Waals surface area contributed by atoms with Crippen molar-refractivity contribution < 1.29 is 18.7 Å². The molecule has 1 amide bonds. The largest absolute Gasteiger partial charge is 0.461 e. The molecule has 2 aromatic carbocycles. The van der Waals surface area contributed by atoms with E-state index in [2.05, 4.69) is 37.8 Å². The summed E-state index contributed by atoms with van der Waals surface area (Å²) >= 11 is 0. The van der Waals surface area contributed by atoms with Crippen LogP contribution >= 0.6 is 0 Å². The standard InChI is InChI=1S/C27H31FN4O3/c1-15-11-16(2)24(17(3)12-15)31-21-8-7-20(28)13-22(21)32-25(26(34)35-14-19-5-6-19)18(4)30(27(31)32)10-9-23(29)33/h7-8,11-13,19,27H,5-6,9-10,14H2,1-4H3,(H2,29,33). The van der Waals surface area contributed by atoms with E-state index in [4.69, 9.17) is 10.5 Å². The summed E-state index contributed by atoms with van der Waals surface area (Å²) in [5.74, 6) is -0.832. The van der Waals surface area contributed by atoms with Gasteiger partial charge in [-0.25, -0.2) is 9.18 Å². The molecule has 2 N–H and O–H groups in total. The van der Waals surface area contributed by atoms with E-state index in [-0.39, 0.29) is 12.2 Å². The molecule has 1 saturated carbocycles. The van der Waals surface area contributed by atoms with E-state index < -0.39 is 18.2 Å².